The van der Waals surface area contributed by atoms with E-state index in [1.807, 2.05) is 30.3 Å². The zero-order valence-electron chi connectivity index (χ0n) is 12.8. The van der Waals surface area contributed by atoms with E-state index in [-0.39, 0.29) is 5.56 Å². The molecule has 1 nitrogen and oxygen atoms in total. The Kier molecular flexibility index (Phi) is 4.58. The molecule has 3 heteroatoms. The van der Waals surface area contributed by atoms with Crippen LogP contribution >= 0.6 is 0 Å². The van der Waals surface area contributed by atoms with Crippen LogP contribution in [-0.4, -0.2) is 0 Å². The molecule has 0 radical (unpaired) electrons. The van der Waals surface area contributed by atoms with E-state index in [9.17, 15) is 8.78 Å². The lowest BCUT2D eigenvalue weighted by Crippen LogP contribution is -1.98. The minimum Gasteiger partial charge on any atom is -0.488 e. The summed E-state index contributed by atoms with van der Waals surface area (Å²) in [6.45, 7) is 0.304. The van der Waals surface area contributed by atoms with Crippen LogP contribution < -0.4 is 4.74 Å². The zero-order chi connectivity index (χ0) is 16.9. The molecule has 0 N–H and O–H groups in total. The normalized spacial score (nSPS) is 10.2. The van der Waals surface area contributed by atoms with Crippen molar-refractivity contribution < 1.29 is 13.5 Å². The third-order valence-corrected chi connectivity index (χ3v) is 3.60. The fourth-order valence-electron chi connectivity index (χ4n) is 2.39. The molecule has 3 aromatic carbocycles. The van der Waals surface area contributed by atoms with E-state index in [1.165, 1.54) is 0 Å². The molecule has 0 spiro atoms. The molecule has 0 fully saturated rings. The molecule has 0 atom stereocenters. The van der Waals surface area contributed by atoms with Gasteiger partial charge in [0.1, 0.15) is 24.0 Å². The fourth-order valence-corrected chi connectivity index (χ4v) is 2.39. The average Bonchev–Trinajstić information content (AvgIpc) is 2.62. The Morgan fingerprint density at radius 3 is 2.42 bits per heavy atom. The fraction of sp³-hybridized carbons (Fsp3) is 0.0476. The molecule has 0 heterocycles. The van der Waals surface area contributed by atoms with Crippen molar-refractivity contribution in [1.29, 1.82) is 0 Å². The van der Waals surface area contributed by atoms with Gasteiger partial charge in [-0.3, -0.25) is 0 Å². The summed E-state index contributed by atoms with van der Waals surface area (Å²) in [5.74, 6) is 1.91. The maximum absolute atomic E-state index is 14.1. The number of halogens is 2. The summed E-state index contributed by atoms with van der Waals surface area (Å²) in [5, 5.41) is 0. The molecule has 3 rings (SSSR count). The smallest absolute Gasteiger partial charge is 0.131 e. The molecular weight excluding hydrogens is 306 g/mol. The minimum atomic E-state index is -0.519. The molecule has 3 aromatic rings. The number of hydrogen-bond donors (Lipinski definition) is 0. The van der Waals surface area contributed by atoms with E-state index in [1.54, 1.807) is 18.2 Å². The molecule has 0 aliphatic carbocycles. The maximum Gasteiger partial charge on any atom is 0.131 e. The van der Waals surface area contributed by atoms with Crippen LogP contribution in [0, 0.1) is 24.0 Å². The molecular formula is C21H14F2O. The van der Waals surface area contributed by atoms with Crippen molar-refractivity contribution in [2.75, 3.05) is 0 Å². The van der Waals surface area contributed by atoms with Gasteiger partial charge in [-0.1, -0.05) is 36.3 Å². The Hall–Kier alpha value is -3.12. The van der Waals surface area contributed by atoms with Crippen molar-refractivity contribution in [3.05, 3.63) is 89.5 Å². The number of rotatable bonds is 4. The van der Waals surface area contributed by atoms with E-state index in [4.69, 9.17) is 11.2 Å². The Labute approximate surface area is 139 Å². The Bertz CT molecular complexity index is 895. The molecule has 24 heavy (non-hydrogen) atoms. The van der Waals surface area contributed by atoms with Crippen LogP contribution in [0.15, 0.2) is 66.7 Å². The van der Waals surface area contributed by atoms with Gasteiger partial charge in [-0.2, -0.15) is 0 Å². The van der Waals surface area contributed by atoms with Crippen molar-refractivity contribution in [1.82, 2.24) is 0 Å². The van der Waals surface area contributed by atoms with Crippen molar-refractivity contribution in [2.24, 2.45) is 0 Å². The number of hydrogen-bond acceptors (Lipinski definition) is 1. The highest BCUT2D eigenvalue weighted by Crippen LogP contribution is 2.33. The third-order valence-electron chi connectivity index (χ3n) is 3.60. The van der Waals surface area contributed by atoms with Gasteiger partial charge in [0.15, 0.2) is 0 Å². The summed E-state index contributed by atoms with van der Waals surface area (Å²) in [4.78, 5) is 0. The van der Waals surface area contributed by atoms with Gasteiger partial charge in [0.05, 0.1) is 0 Å². The lowest BCUT2D eigenvalue weighted by molar-refractivity contribution is 0.307. The van der Waals surface area contributed by atoms with Crippen molar-refractivity contribution in [3.8, 4) is 29.2 Å². The van der Waals surface area contributed by atoms with Gasteiger partial charge in [-0.25, -0.2) is 8.78 Å². The van der Waals surface area contributed by atoms with Crippen LogP contribution in [0.4, 0.5) is 8.78 Å². The number of ether oxygens (including phenoxy) is 1. The van der Waals surface area contributed by atoms with Gasteiger partial charge in [-0.05, 0) is 42.0 Å². The lowest BCUT2D eigenvalue weighted by atomic mass is 10.0. The predicted molar refractivity (Wildman–Crippen MR) is 90.5 cm³/mol. The molecule has 0 bridgehead atoms. The van der Waals surface area contributed by atoms with Crippen LogP contribution in [0.25, 0.3) is 11.1 Å². The van der Waals surface area contributed by atoms with E-state index in [0.717, 1.165) is 23.8 Å². The quantitative estimate of drug-likeness (QED) is 0.601. The summed E-state index contributed by atoms with van der Waals surface area (Å²) < 4.78 is 33.5. The molecule has 0 unspecified atom stereocenters. The first-order chi connectivity index (χ1) is 11.7. The molecule has 118 valence electrons. The number of terminal acetylenes is 1. The summed E-state index contributed by atoms with van der Waals surface area (Å²) in [6, 6.07) is 17.9. The largest absolute Gasteiger partial charge is 0.488 e. The highest BCUT2D eigenvalue weighted by Gasteiger charge is 2.13. The van der Waals surface area contributed by atoms with Gasteiger partial charge in [0, 0.05) is 16.7 Å². The van der Waals surface area contributed by atoms with E-state index >= 15 is 0 Å². The second kappa shape index (κ2) is 6.97. The molecule has 0 aliphatic rings. The van der Waals surface area contributed by atoms with E-state index in [0.29, 0.717) is 23.5 Å². The lowest BCUT2D eigenvalue weighted by Gasteiger charge is -2.13. The Morgan fingerprint density at radius 2 is 1.67 bits per heavy atom. The van der Waals surface area contributed by atoms with Gasteiger partial charge < -0.3 is 4.74 Å². The second-order valence-electron chi connectivity index (χ2n) is 5.25. The molecule has 0 saturated carbocycles. The average molecular weight is 320 g/mol. The molecule has 0 aliphatic heterocycles. The molecule has 0 aromatic heterocycles. The Morgan fingerprint density at radius 1 is 0.875 bits per heavy atom. The van der Waals surface area contributed by atoms with Crippen molar-refractivity contribution in [3.63, 3.8) is 0 Å². The van der Waals surface area contributed by atoms with Gasteiger partial charge in [0.2, 0.25) is 0 Å². The summed E-state index contributed by atoms with van der Waals surface area (Å²) in [5.41, 5.74) is 2.18. The molecule has 0 saturated heterocycles. The van der Waals surface area contributed by atoms with Gasteiger partial charge >= 0.3 is 0 Å². The minimum absolute atomic E-state index is 0.140. The standard InChI is InChI=1S/C21H14F2O/c1-2-15-8-10-18(19-13-17(22)9-11-20(19)23)21(12-15)24-14-16-6-4-3-5-7-16/h1,3-13H,14H2. The maximum atomic E-state index is 14.1. The molecule has 0 amide bonds. The SMILES string of the molecule is C#Cc1ccc(-c2cc(F)ccc2F)c(OCc2ccccc2)c1. The van der Waals surface area contributed by atoms with E-state index in [2.05, 4.69) is 5.92 Å². The van der Waals surface area contributed by atoms with Crippen molar-refractivity contribution in [2.45, 2.75) is 6.61 Å². The highest BCUT2D eigenvalue weighted by molar-refractivity contribution is 5.72. The van der Waals surface area contributed by atoms with Gasteiger partial charge in [0.25, 0.3) is 0 Å². The summed E-state index contributed by atoms with van der Waals surface area (Å²) in [6.07, 6.45) is 5.43. The third kappa shape index (κ3) is 3.44. The van der Waals surface area contributed by atoms with Gasteiger partial charge in [-0.15, -0.1) is 6.42 Å². The van der Waals surface area contributed by atoms with Crippen LogP contribution in [0.5, 0.6) is 5.75 Å². The number of benzene rings is 3. The summed E-state index contributed by atoms with van der Waals surface area (Å²) in [7, 11) is 0. The zero-order valence-corrected chi connectivity index (χ0v) is 12.8. The summed E-state index contributed by atoms with van der Waals surface area (Å²) >= 11 is 0. The Balaban J connectivity index is 2.00. The van der Waals surface area contributed by atoms with Crippen LogP contribution in [0.1, 0.15) is 11.1 Å². The first kappa shape index (κ1) is 15.8. The highest BCUT2D eigenvalue weighted by atomic mass is 19.1. The van der Waals surface area contributed by atoms with Crippen molar-refractivity contribution >= 4 is 0 Å². The monoisotopic (exact) mass is 320 g/mol. The van der Waals surface area contributed by atoms with Crippen LogP contribution in [0.2, 0.25) is 0 Å². The first-order valence-corrected chi connectivity index (χ1v) is 7.40. The first-order valence-electron chi connectivity index (χ1n) is 7.40. The van der Waals surface area contributed by atoms with E-state index < -0.39 is 11.6 Å². The van der Waals surface area contributed by atoms with Crippen LogP contribution in [0.3, 0.4) is 0 Å². The second-order valence-corrected chi connectivity index (χ2v) is 5.25. The predicted octanol–water partition coefficient (Wildman–Crippen LogP) is 5.19. The topological polar surface area (TPSA) is 9.23 Å². The van der Waals surface area contributed by atoms with Crippen LogP contribution in [-0.2, 0) is 6.61 Å².